The molecule has 2 aromatic carbocycles. The fraction of sp³-hybridized carbons (Fsp3) is 0.360. The molecule has 0 unspecified atom stereocenters. The van der Waals surface area contributed by atoms with Crippen LogP contribution < -0.4 is 5.32 Å². The average molecular weight is 483 g/mol. The maximum absolute atomic E-state index is 13.1. The smallest absolute Gasteiger partial charge is 0.255 e. The summed E-state index contributed by atoms with van der Waals surface area (Å²) in [6.07, 6.45) is 1.72. The normalized spacial score (nSPS) is 14.8. The number of sulfonamides is 1. The third kappa shape index (κ3) is 5.91. The summed E-state index contributed by atoms with van der Waals surface area (Å²) in [4.78, 5) is 13.1. The molecule has 0 atom stereocenters. The van der Waals surface area contributed by atoms with Crippen LogP contribution in [0.5, 0.6) is 0 Å². The first-order chi connectivity index (χ1) is 16.3. The highest BCUT2D eigenvalue weighted by Gasteiger charge is 2.25. The van der Waals surface area contributed by atoms with E-state index in [1.54, 1.807) is 10.9 Å². The summed E-state index contributed by atoms with van der Waals surface area (Å²) in [5.41, 5.74) is 5.19. The molecule has 1 aromatic heterocycles. The van der Waals surface area contributed by atoms with Crippen LogP contribution in [-0.2, 0) is 21.3 Å². The van der Waals surface area contributed by atoms with Gasteiger partial charge in [0.15, 0.2) is 0 Å². The summed E-state index contributed by atoms with van der Waals surface area (Å²) in [7, 11) is -3.45. The summed E-state index contributed by atoms with van der Waals surface area (Å²) < 4.78 is 33.5. The van der Waals surface area contributed by atoms with Crippen LogP contribution in [0.3, 0.4) is 0 Å². The highest BCUT2D eigenvalue weighted by atomic mass is 32.2. The zero-order valence-corrected chi connectivity index (χ0v) is 20.3. The zero-order valence-electron chi connectivity index (χ0n) is 19.5. The molecule has 8 nitrogen and oxygen atoms in total. The van der Waals surface area contributed by atoms with Crippen molar-refractivity contribution in [2.75, 3.05) is 38.6 Å². The van der Waals surface area contributed by atoms with E-state index in [2.05, 4.69) is 5.32 Å². The van der Waals surface area contributed by atoms with Gasteiger partial charge in [-0.05, 0) is 19.4 Å². The number of morpholine rings is 1. The summed E-state index contributed by atoms with van der Waals surface area (Å²) >= 11 is 0. The number of aromatic nitrogens is 2. The van der Waals surface area contributed by atoms with Crippen LogP contribution in [0.1, 0.15) is 27.0 Å². The molecule has 0 saturated carbocycles. The largest absolute Gasteiger partial charge is 0.379 e. The van der Waals surface area contributed by atoms with E-state index in [4.69, 9.17) is 9.84 Å². The monoisotopic (exact) mass is 482 g/mol. The minimum Gasteiger partial charge on any atom is -0.379 e. The maximum atomic E-state index is 13.1. The van der Waals surface area contributed by atoms with Crippen LogP contribution >= 0.6 is 0 Å². The zero-order chi connectivity index (χ0) is 24.1. The third-order valence-electron chi connectivity index (χ3n) is 5.81. The van der Waals surface area contributed by atoms with Crippen LogP contribution in [0.25, 0.3) is 11.3 Å². The molecule has 9 heteroatoms. The van der Waals surface area contributed by atoms with Gasteiger partial charge in [0.2, 0.25) is 10.0 Å². The molecule has 0 aliphatic carbocycles. The lowest BCUT2D eigenvalue weighted by molar-refractivity contribution is 0.0730. The maximum Gasteiger partial charge on any atom is 0.255 e. The fourth-order valence-electron chi connectivity index (χ4n) is 3.82. The van der Waals surface area contributed by atoms with Gasteiger partial charge in [-0.1, -0.05) is 59.7 Å². The quantitative estimate of drug-likeness (QED) is 0.533. The van der Waals surface area contributed by atoms with Crippen LogP contribution in [0.4, 0.5) is 0 Å². The van der Waals surface area contributed by atoms with Crippen molar-refractivity contribution in [1.82, 2.24) is 19.4 Å². The molecular weight excluding hydrogens is 452 g/mol. The first-order valence-electron chi connectivity index (χ1n) is 11.4. The first kappa shape index (κ1) is 24.1. The lowest BCUT2D eigenvalue weighted by Gasteiger charge is -2.26. The molecule has 34 heavy (non-hydrogen) atoms. The second-order valence-electron chi connectivity index (χ2n) is 8.52. The predicted molar refractivity (Wildman–Crippen MR) is 131 cm³/mol. The number of carbonyl (C=O) groups is 1. The highest BCUT2D eigenvalue weighted by Crippen LogP contribution is 2.23. The number of nitrogens with zero attached hydrogens (tertiary/aromatic N) is 3. The number of carbonyl (C=O) groups excluding carboxylic acids is 1. The van der Waals surface area contributed by atoms with Gasteiger partial charge in [-0.2, -0.15) is 9.40 Å². The van der Waals surface area contributed by atoms with E-state index < -0.39 is 10.0 Å². The number of rotatable bonds is 8. The van der Waals surface area contributed by atoms with E-state index in [-0.39, 0.29) is 18.2 Å². The van der Waals surface area contributed by atoms with Crippen molar-refractivity contribution in [2.45, 2.75) is 20.4 Å². The van der Waals surface area contributed by atoms with Crippen molar-refractivity contribution < 1.29 is 17.9 Å². The number of nitrogens with one attached hydrogen (secondary N) is 1. The molecule has 3 aromatic rings. The Kier molecular flexibility index (Phi) is 7.45. The van der Waals surface area contributed by atoms with E-state index in [0.29, 0.717) is 44.1 Å². The number of benzene rings is 2. The van der Waals surface area contributed by atoms with Crippen molar-refractivity contribution in [3.63, 3.8) is 0 Å². The van der Waals surface area contributed by atoms with Crippen LogP contribution in [-0.4, -0.2) is 67.0 Å². The van der Waals surface area contributed by atoms with E-state index in [9.17, 15) is 13.2 Å². The molecule has 2 heterocycles. The molecule has 4 rings (SSSR count). The Morgan fingerprint density at radius 2 is 1.62 bits per heavy atom. The van der Waals surface area contributed by atoms with Crippen LogP contribution in [0, 0.1) is 13.8 Å². The van der Waals surface area contributed by atoms with Crippen molar-refractivity contribution in [1.29, 1.82) is 0 Å². The molecule has 0 bridgehead atoms. The van der Waals surface area contributed by atoms with Crippen LogP contribution in [0.2, 0.25) is 0 Å². The predicted octanol–water partition coefficient (Wildman–Crippen LogP) is 2.61. The first-order valence-corrected chi connectivity index (χ1v) is 13.0. The van der Waals surface area contributed by atoms with Gasteiger partial charge >= 0.3 is 0 Å². The molecule has 1 aliphatic heterocycles. The van der Waals surface area contributed by atoms with E-state index in [1.165, 1.54) is 9.87 Å². The lowest BCUT2D eigenvalue weighted by Crippen LogP contribution is -2.43. The molecule has 0 spiro atoms. The van der Waals surface area contributed by atoms with Gasteiger partial charge < -0.3 is 10.1 Å². The van der Waals surface area contributed by atoms with Gasteiger partial charge in [-0.3, -0.25) is 9.48 Å². The van der Waals surface area contributed by atoms with Gasteiger partial charge in [-0.15, -0.1) is 0 Å². The van der Waals surface area contributed by atoms with Gasteiger partial charge in [0, 0.05) is 31.4 Å². The van der Waals surface area contributed by atoms with Gasteiger partial charge in [0.1, 0.15) is 5.69 Å². The minimum absolute atomic E-state index is 0.0228. The summed E-state index contributed by atoms with van der Waals surface area (Å²) in [6.45, 7) is 6.07. The molecule has 1 saturated heterocycles. The number of hydrogen-bond donors (Lipinski definition) is 1. The Labute approximate surface area is 200 Å². The summed E-state index contributed by atoms with van der Waals surface area (Å²) in [5, 5.41) is 7.47. The molecule has 1 N–H and O–H groups in total. The van der Waals surface area contributed by atoms with Crippen LogP contribution in [0.15, 0.2) is 54.7 Å². The second kappa shape index (κ2) is 10.5. The SMILES string of the molecule is Cc1ccc(Cn2cc(C(=O)NCCS(=O)(=O)N3CCOCC3)c(-c3ccc(C)cc3)n2)cc1. The topological polar surface area (TPSA) is 93.5 Å². The highest BCUT2D eigenvalue weighted by molar-refractivity contribution is 7.89. The molecule has 1 fully saturated rings. The number of aryl methyl sites for hydroxylation is 2. The van der Waals surface area contributed by atoms with Crippen molar-refractivity contribution in [3.8, 4) is 11.3 Å². The second-order valence-corrected chi connectivity index (χ2v) is 10.6. The number of amides is 1. The molecule has 1 aliphatic rings. The molecule has 180 valence electrons. The standard InChI is InChI=1S/C25H30N4O4S/c1-19-3-7-21(8-4-19)17-28-18-23(24(27-28)22-9-5-20(2)6-10-22)25(30)26-11-16-34(31,32)29-12-14-33-15-13-29/h3-10,18H,11-17H2,1-2H3,(H,26,30). The Hall–Kier alpha value is -3.01. The van der Waals surface area contributed by atoms with Gasteiger partial charge in [0.25, 0.3) is 5.91 Å². The van der Waals surface area contributed by atoms with Gasteiger partial charge in [0.05, 0.1) is 31.1 Å². The Morgan fingerprint density at radius 1 is 1.00 bits per heavy atom. The Morgan fingerprint density at radius 3 is 2.26 bits per heavy atom. The lowest BCUT2D eigenvalue weighted by atomic mass is 10.1. The fourth-order valence-corrected chi connectivity index (χ4v) is 5.14. The van der Waals surface area contributed by atoms with E-state index in [1.807, 2.05) is 62.4 Å². The molecule has 1 amide bonds. The molecule has 0 radical (unpaired) electrons. The Bertz CT molecular complexity index is 1230. The van der Waals surface area contributed by atoms with Crippen molar-refractivity contribution in [3.05, 3.63) is 77.0 Å². The number of ether oxygens (including phenoxy) is 1. The van der Waals surface area contributed by atoms with Gasteiger partial charge in [-0.25, -0.2) is 8.42 Å². The minimum atomic E-state index is -3.45. The van der Waals surface area contributed by atoms with E-state index in [0.717, 1.165) is 16.7 Å². The number of hydrogen-bond acceptors (Lipinski definition) is 5. The Balaban J connectivity index is 1.51. The average Bonchev–Trinajstić information content (AvgIpc) is 3.25. The molecular formula is C25H30N4O4S. The summed E-state index contributed by atoms with van der Waals surface area (Å²) in [5.74, 6) is -0.501. The van der Waals surface area contributed by atoms with Crippen molar-refractivity contribution >= 4 is 15.9 Å². The third-order valence-corrected chi connectivity index (χ3v) is 7.68. The summed E-state index contributed by atoms with van der Waals surface area (Å²) in [6, 6.07) is 16.0. The van der Waals surface area contributed by atoms with E-state index >= 15 is 0 Å². The van der Waals surface area contributed by atoms with Crippen molar-refractivity contribution in [2.24, 2.45) is 0 Å².